The molecule has 0 heterocycles. The van der Waals surface area contributed by atoms with Crippen molar-refractivity contribution in [1.29, 1.82) is 0 Å². The van der Waals surface area contributed by atoms with Gasteiger partial charge in [-0.3, -0.25) is 0 Å². The van der Waals surface area contributed by atoms with Crippen LogP contribution in [-0.4, -0.2) is 13.7 Å². The van der Waals surface area contributed by atoms with Gasteiger partial charge in [0, 0.05) is 11.8 Å². The maximum atomic E-state index is 13.6. The number of alkyl halides is 1. The van der Waals surface area contributed by atoms with E-state index in [4.69, 9.17) is 11.6 Å². The molecule has 0 amide bonds. The average Bonchev–Trinajstić information content (AvgIpc) is 2.99. The molecule has 130 valence electrons. The Morgan fingerprint density at radius 2 is 1.15 bits per heavy atom. The van der Waals surface area contributed by atoms with Crippen LogP contribution in [0.1, 0.15) is 39.5 Å². The number of fused-ring (bicyclic) bond motifs is 7. The summed E-state index contributed by atoms with van der Waals surface area (Å²) in [5, 5.41) is -0.922. The third kappa shape index (κ3) is 2.07. The number of benzene rings is 3. The Kier molecular flexibility index (Phi) is 3.53. The summed E-state index contributed by atoms with van der Waals surface area (Å²) in [6.07, 6.45) is 0. The summed E-state index contributed by atoms with van der Waals surface area (Å²) in [4.78, 5) is 0.371. The predicted molar refractivity (Wildman–Crippen MR) is 103 cm³/mol. The molecule has 0 unspecified atom stereocenters. The molecule has 4 atom stereocenters. The monoisotopic (exact) mass is 380 g/mol. The fourth-order valence-corrected chi connectivity index (χ4v) is 7.48. The zero-order valence-corrected chi connectivity index (χ0v) is 15.5. The number of hydrogen-bond acceptors (Lipinski definition) is 2. The van der Waals surface area contributed by atoms with Gasteiger partial charge in [-0.1, -0.05) is 66.7 Å². The van der Waals surface area contributed by atoms with Gasteiger partial charge in [0.1, 0.15) is 0 Å². The van der Waals surface area contributed by atoms with Crippen molar-refractivity contribution in [3.8, 4) is 0 Å². The molecule has 4 heteroatoms. The first-order valence-electron chi connectivity index (χ1n) is 8.71. The minimum atomic E-state index is -3.53. The summed E-state index contributed by atoms with van der Waals surface area (Å²) in [6, 6.07) is 24.8. The van der Waals surface area contributed by atoms with Crippen LogP contribution in [0.25, 0.3) is 0 Å². The number of halogens is 1. The smallest absolute Gasteiger partial charge is 0.182 e. The highest BCUT2D eigenvalue weighted by Crippen LogP contribution is 2.61. The largest absolute Gasteiger partial charge is 0.223 e. The number of rotatable bonds is 2. The van der Waals surface area contributed by atoms with E-state index < -0.39 is 15.1 Å². The van der Waals surface area contributed by atoms with Crippen molar-refractivity contribution in [3.05, 3.63) is 101 Å². The first-order valence-corrected chi connectivity index (χ1v) is 10.7. The van der Waals surface area contributed by atoms with Gasteiger partial charge in [0.15, 0.2) is 9.84 Å². The summed E-state index contributed by atoms with van der Waals surface area (Å²) < 4.78 is 27.2. The highest BCUT2D eigenvalue weighted by Gasteiger charge is 2.55. The number of sulfone groups is 1. The van der Waals surface area contributed by atoms with E-state index in [0.29, 0.717) is 4.90 Å². The third-order valence-electron chi connectivity index (χ3n) is 5.75. The molecular formula is C22H17ClO2S. The Hall–Kier alpha value is -2.10. The highest BCUT2D eigenvalue weighted by atomic mass is 35.5. The van der Waals surface area contributed by atoms with Crippen LogP contribution in [0.2, 0.25) is 0 Å². The zero-order valence-electron chi connectivity index (χ0n) is 13.9. The molecule has 5 rings (SSSR count). The molecule has 2 aliphatic rings. The summed E-state index contributed by atoms with van der Waals surface area (Å²) in [5.74, 6) is -0.412. The van der Waals surface area contributed by atoms with Gasteiger partial charge in [-0.2, -0.15) is 0 Å². The highest BCUT2D eigenvalue weighted by molar-refractivity contribution is 7.92. The molecule has 3 aromatic rings. The van der Waals surface area contributed by atoms with E-state index in [1.807, 2.05) is 48.5 Å². The summed E-state index contributed by atoms with van der Waals surface area (Å²) >= 11 is 6.89. The van der Waals surface area contributed by atoms with Gasteiger partial charge < -0.3 is 0 Å². The van der Waals surface area contributed by atoms with Crippen molar-refractivity contribution in [3.63, 3.8) is 0 Å². The number of hydrogen-bond donors (Lipinski definition) is 0. The fraction of sp³-hybridized carbons (Fsp3) is 0.182. The molecule has 0 saturated carbocycles. The van der Waals surface area contributed by atoms with Crippen LogP contribution in [0.5, 0.6) is 0 Å². The Bertz CT molecular complexity index is 1090. The van der Waals surface area contributed by atoms with E-state index in [1.54, 1.807) is 24.3 Å². The van der Waals surface area contributed by atoms with Crippen LogP contribution in [-0.2, 0) is 9.84 Å². The molecule has 2 nitrogen and oxygen atoms in total. The third-order valence-corrected chi connectivity index (χ3v) is 8.46. The zero-order chi connectivity index (χ0) is 17.9. The van der Waals surface area contributed by atoms with Crippen molar-refractivity contribution >= 4 is 21.4 Å². The van der Waals surface area contributed by atoms with E-state index in [0.717, 1.165) is 22.3 Å². The van der Waals surface area contributed by atoms with Gasteiger partial charge in [-0.05, 0) is 34.4 Å². The molecule has 2 aliphatic carbocycles. The molecule has 2 bridgehead atoms. The SMILES string of the molecule is O=S(=O)(c1ccccc1)[C@H]1[C@H]2c3ccccc3[C@@H]1[C@H](Cl)c1ccccc12. The summed E-state index contributed by atoms with van der Waals surface area (Å²) in [6.45, 7) is 0. The maximum absolute atomic E-state index is 13.6. The van der Waals surface area contributed by atoms with Gasteiger partial charge in [-0.15, -0.1) is 11.6 Å². The molecule has 0 spiro atoms. The maximum Gasteiger partial charge on any atom is 0.182 e. The van der Waals surface area contributed by atoms with Gasteiger partial charge in [0.25, 0.3) is 0 Å². The predicted octanol–water partition coefficient (Wildman–Crippen LogP) is 5.05. The average molecular weight is 381 g/mol. The Morgan fingerprint density at radius 1 is 0.654 bits per heavy atom. The topological polar surface area (TPSA) is 34.1 Å². The molecule has 0 fully saturated rings. The molecule has 0 N–H and O–H groups in total. The van der Waals surface area contributed by atoms with Crippen molar-refractivity contribution < 1.29 is 8.42 Å². The second kappa shape index (κ2) is 5.70. The first-order chi connectivity index (χ1) is 12.6. The Morgan fingerprint density at radius 3 is 1.81 bits per heavy atom. The lowest BCUT2D eigenvalue weighted by atomic mass is 9.80. The van der Waals surface area contributed by atoms with Crippen LogP contribution in [0.3, 0.4) is 0 Å². The van der Waals surface area contributed by atoms with Crippen LogP contribution < -0.4 is 0 Å². The molecule has 26 heavy (non-hydrogen) atoms. The standard InChI is InChI=1S/C22H17ClO2S/c23-21-18-13-7-6-12-17(18)19-15-10-4-5-11-16(15)20(21)22(19)26(24,25)14-8-2-1-3-9-14/h1-13,19-22H/t19-,20+,21+,22-/m0/s1. The van der Waals surface area contributed by atoms with Crippen molar-refractivity contribution in [2.75, 3.05) is 0 Å². The van der Waals surface area contributed by atoms with E-state index >= 15 is 0 Å². The molecular weight excluding hydrogens is 364 g/mol. The van der Waals surface area contributed by atoms with E-state index in [9.17, 15) is 8.42 Å². The van der Waals surface area contributed by atoms with E-state index in [2.05, 4.69) is 6.07 Å². The normalized spacial score (nSPS) is 26.2. The second-order valence-electron chi connectivity index (χ2n) is 6.99. The van der Waals surface area contributed by atoms with Gasteiger partial charge >= 0.3 is 0 Å². The quantitative estimate of drug-likeness (QED) is 0.583. The second-order valence-corrected chi connectivity index (χ2v) is 9.56. The lowest BCUT2D eigenvalue weighted by molar-refractivity contribution is 0.525. The molecule has 0 radical (unpaired) electrons. The molecule has 0 saturated heterocycles. The van der Waals surface area contributed by atoms with Gasteiger partial charge in [0.2, 0.25) is 0 Å². The fourth-order valence-electron chi connectivity index (χ4n) is 4.71. The minimum absolute atomic E-state index is 0.174. The minimum Gasteiger partial charge on any atom is -0.223 e. The lowest BCUT2D eigenvalue weighted by Gasteiger charge is -2.35. The van der Waals surface area contributed by atoms with Crippen LogP contribution in [0.15, 0.2) is 83.8 Å². The Labute approximate surface area is 158 Å². The van der Waals surface area contributed by atoms with Crippen LogP contribution in [0.4, 0.5) is 0 Å². The summed E-state index contributed by atoms with van der Waals surface area (Å²) in [7, 11) is -3.53. The Balaban J connectivity index is 1.79. The first kappa shape index (κ1) is 16.1. The molecule has 3 aromatic carbocycles. The van der Waals surface area contributed by atoms with Crippen LogP contribution >= 0.6 is 11.6 Å². The van der Waals surface area contributed by atoms with E-state index in [-0.39, 0.29) is 17.2 Å². The van der Waals surface area contributed by atoms with Gasteiger partial charge in [-0.25, -0.2) is 8.42 Å². The summed E-state index contributed by atoms with van der Waals surface area (Å²) in [5.41, 5.74) is 4.26. The van der Waals surface area contributed by atoms with Crippen molar-refractivity contribution in [2.24, 2.45) is 0 Å². The lowest BCUT2D eigenvalue weighted by Crippen LogP contribution is -2.35. The van der Waals surface area contributed by atoms with E-state index in [1.165, 1.54) is 0 Å². The van der Waals surface area contributed by atoms with Crippen LogP contribution in [0, 0.1) is 0 Å². The van der Waals surface area contributed by atoms with Crippen molar-refractivity contribution in [2.45, 2.75) is 27.4 Å². The van der Waals surface area contributed by atoms with Crippen molar-refractivity contribution in [1.82, 2.24) is 0 Å². The molecule has 0 aliphatic heterocycles. The molecule has 0 aromatic heterocycles. The van der Waals surface area contributed by atoms with Gasteiger partial charge in [0.05, 0.1) is 15.5 Å².